The summed E-state index contributed by atoms with van der Waals surface area (Å²) in [5.74, 6) is 0.281. The van der Waals surface area contributed by atoms with Gasteiger partial charge < -0.3 is 9.47 Å². The maximum atomic E-state index is 11.3. The van der Waals surface area contributed by atoms with Crippen molar-refractivity contribution in [2.45, 2.75) is 6.92 Å². The van der Waals surface area contributed by atoms with Crippen molar-refractivity contribution in [3.63, 3.8) is 0 Å². The van der Waals surface area contributed by atoms with Gasteiger partial charge in [-0.3, -0.25) is 0 Å². The lowest BCUT2D eigenvalue weighted by Crippen LogP contribution is -2.03. The van der Waals surface area contributed by atoms with Gasteiger partial charge in [0.25, 0.3) is 0 Å². The summed E-state index contributed by atoms with van der Waals surface area (Å²) in [6.07, 6.45) is 0. The van der Waals surface area contributed by atoms with Crippen molar-refractivity contribution in [2.24, 2.45) is 0 Å². The van der Waals surface area contributed by atoms with Gasteiger partial charge in [0.15, 0.2) is 0 Å². The summed E-state index contributed by atoms with van der Waals surface area (Å²) in [5.41, 5.74) is 1.43. The fraction of sp³-hybridized carbons (Fsp3) is 0.300. The van der Waals surface area contributed by atoms with Gasteiger partial charge in [-0.2, -0.15) is 0 Å². The van der Waals surface area contributed by atoms with Crippen LogP contribution in [-0.4, -0.2) is 20.2 Å². The Labute approximate surface area is 91.1 Å². The molecule has 14 heavy (non-hydrogen) atoms. The summed E-state index contributed by atoms with van der Waals surface area (Å²) in [4.78, 5) is 11.3. The van der Waals surface area contributed by atoms with Crippen molar-refractivity contribution < 1.29 is 14.3 Å². The number of halogens is 1. The average Bonchev–Trinajstić information content (AvgIpc) is 2.18. The molecule has 0 fully saturated rings. The SMILES string of the molecule is COC(=O)c1ccc(C)c(OC)c1Br. The van der Waals surface area contributed by atoms with Crippen LogP contribution in [0, 0.1) is 6.92 Å². The van der Waals surface area contributed by atoms with Gasteiger partial charge in [0.05, 0.1) is 24.3 Å². The second kappa shape index (κ2) is 4.46. The first-order valence-corrected chi connectivity index (χ1v) is 4.82. The molecular weight excluding hydrogens is 248 g/mol. The van der Waals surface area contributed by atoms with Crippen LogP contribution in [-0.2, 0) is 4.74 Å². The second-order valence-electron chi connectivity index (χ2n) is 2.77. The molecule has 0 aliphatic heterocycles. The topological polar surface area (TPSA) is 35.5 Å². The maximum absolute atomic E-state index is 11.3. The monoisotopic (exact) mass is 258 g/mol. The van der Waals surface area contributed by atoms with Crippen molar-refractivity contribution in [2.75, 3.05) is 14.2 Å². The normalized spacial score (nSPS) is 9.71. The van der Waals surface area contributed by atoms with Gasteiger partial charge in [0.2, 0.25) is 0 Å². The highest BCUT2D eigenvalue weighted by atomic mass is 79.9. The average molecular weight is 259 g/mol. The third-order valence-corrected chi connectivity index (χ3v) is 2.69. The molecule has 0 radical (unpaired) electrons. The van der Waals surface area contributed by atoms with Crippen LogP contribution < -0.4 is 4.74 Å². The highest BCUT2D eigenvalue weighted by Crippen LogP contribution is 2.32. The van der Waals surface area contributed by atoms with Crippen molar-refractivity contribution in [3.8, 4) is 5.75 Å². The van der Waals surface area contributed by atoms with E-state index in [1.54, 1.807) is 13.2 Å². The van der Waals surface area contributed by atoms with E-state index in [9.17, 15) is 4.79 Å². The number of aryl methyl sites for hydroxylation is 1. The Kier molecular flexibility index (Phi) is 3.52. The smallest absolute Gasteiger partial charge is 0.339 e. The molecule has 4 heteroatoms. The van der Waals surface area contributed by atoms with Gasteiger partial charge in [0.1, 0.15) is 5.75 Å². The molecule has 0 unspecified atom stereocenters. The largest absolute Gasteiger partial charge is 0.495 e. The lowest BCUT2D eigenvalue weighted by atomic mass is 10.1. The summed E-state index contributed by atoms with van der Waals surface area (Å²) >= 11 is 3.31. The first-order valence-electron chi connectivity index (χ1n) is 4.03. The number of ether oxygens (including phenoxy) is 2. The first kappa shape index (κ1) is 11.0. The molecule has 3 nitrogen and oxygen atoms in total. The number of benzene rings is 1. The highest BCUT2D eigenvalue weighted by Gasteiger charge is 2.15. The maximum Gasteiger partial charge on any atom is 0.339 e. The minimum atomic E-state index is -0.379. The van der Waals surface area contributed by atoms with Crippen molar-refractivity contribution in [1.82, 2.24) is 0 Å². The van der Waals surface area contributed by atoms with Gasteiger partial charge in [-0.15, -0.1) is 0 Å². The molecule has 0 atom stereocenters. The zero-order valence-corrected chi connectivity index (χ0v) is 9.84. The van der Waals surface area contributed by atoms with Crippen LogP contribution >= 0.6 is 15.9 Å². The summed E-state index contributed by atoms with van der Waals surface area (Å²) in [7, 11) is 2.91. The standard InChI is InChI=1S/C10H11BrO3/c1-6-4-5-7(10(12)14-3)8(11)9(6)13-2/h4-5H,1-3H3. The fourth-order valence-corrected chi connectivity index (χ4v) is 1.94. The summed E-state index contributed by atoms with van der Waals surface area (Å²) in [6, 6.07) is 3.52. The first-order chi connectivity index (χ1) is 6.61. The summed E-state index contributed by atoms with van der Waals surface area (Å²) in [5, 5.41) is 0. The van der Waals surface area contributed by atoms with Crippen LogP contribution in [0.3, 0.4) is 0 Å². The third-order valence-electron chi connectivity index (χ3n) is 1.90. The Balaban J connectivity index is 3.28. The van der Waals surface area contributed by atoms with Crippen LogP contribution in [0.2, 0.25) is 0 Å². The van der Waals surface area contributed by atoms with Crippen molar-refractivity contribution in [3.05, 3.63) is 27.7 Å². The molecule has 0 amide bonds. The Morgan fingerprint density at radius 2 is 2.00 bits per heavy atom. The summed E-state index contributed by atoms with van der Waals surface area (Å²) in [6.45, 7) is 1.91. The van der Waals surface area contributed by atoms with Crippen LogP contribution in [0.4, 0.5) is 0 Å². The zero-order valence-electron chi connectivity index (χ0n) is 8.26. The predicted octanol–water partition coefficient (Wildman–Crippen LogP) is 2.55. The van der Waals surface area contributed by atoms with E-state index in [-0.39, 0.29) is 5.97 Å². The zero-order chi connectivity index (χ0) is 10.7. The van der Waals surface area contributed by atoms with Gasteiger partial charge in [-0.1, -0.05) is 6.07 Å². The number of carbonyl (C=O) groups is 1. The summed E-state index contributed by atoms with van der Waals surface area (Å²) < 4.78 is 10.4. The molecule has 0 saturated heterocycles. The van der Waals surface area contributed by atoms with Crippen LogP contribution in [0.15, 0.2) is 16.6 Å². The molecule has 1 rings (SSSR count). The Morgan fingerprint density at radius 1 is 1.36 bits per heavy atom. The minimum Gasteiger partial charge on any atom is -0.495 e. The van der Waals surface area contributed by atoms with Crippen LogP contribution in [0.5, 0.6) is 5.75 Å². The van der Waals surface area contributed by atoms with E-state index in [4.69, 9.17) is 4.74 Å². The molecule has 0 aliphatic carbocycles. The van der Waals surface area contributed by atoms with E-state index in [2.05, 4.69) is 20.7 Å². The molecular formula is C10H11BrO3. The molecule has 0 N–H and O–H groups in total. The van der Waals surface area contributed by atoms with Crippen LogP contribution in [0.25, 0.3) is 0 Å². The predicted molar refractivity (Wildman–Crippen MR) is 56.8 cm³/mol. The molecule has 0 bridgehead atoms. The number of hydrogen-bond donors (Lipinski definition) is 0. The molecule has 76 valence electrons. The molecule has 1 aromatic carbocycles. The number of hydrogen-bond acceptors (Lipinski definition) is 3. The van der Waals surface area contributed by atoms with E-state index < -0.39 is 0 Å². The van der Waals surface area contributed by atoms with E-state index in [1.165, 1.54) is 7.11 Å². The number of esters is 1. The molecule has 0 spiro atoms. The minimum absolute atomic E-state index is 0.379. The molecule has 0 heterocycles. The highest BCUT2D eigenvalue weighted by molar-refractivity contribution is 9.10. The molecule has 0 saturated carbocycles. The Morgan fingerprint density at radius 3 is 2.50 bits per heavy atom. The quantitative estimate of drug-likeness (QED) is 0.765. The second-order valence-corrected chi connectivity index (χ2v) is 3.56. The van der Waals surface area contributed by atoms with Gasteiger partial charge >= 0.3 is 5.97 Å². The number of methoxy groups -OCH3 is 2. The van der Waals surface area contributed by atoms with Crippen molar-refractivity contribution in [1.29, 1.82) is 0 Å². The lowest BCUT2D eigenvalue weighted by molar-refractivity contribution is 0.0599. The van der Waals surface area contributed by atoms with E-state index >= 15 is 0 Å². The van der Waals surface area contributed by atoms with E-state index in [0.717, 1.165) is 5.56 Å². The number of carbonyl (C=O) groups excluding carboxylic acids is 1. The molecule has 0 aromatic heterocycles. The Bertz CT molecular complexity index is 361. The third kappa shape index (κ3) is 1.90. The lowest BCUT2D eigenvalue weighted by Gasteiger charge is -2.09. The van der Waals surface area contributed by atoms with Gasteiger partial charge in [-0.25, -0.2) is 4.79 Å². The van der Waals surface area contributed by atoms with Crippen molar-refractivity contribution >= 4 is 21.9 Å². The van der Waals surface area contributed by atoms with Gasteiger partial charge in [-0.05, 0) is 34.5 Å². The van der Waals surface area contributed by atoms with Gasteiger partial charge in [0, 0.05) is 0 Å². The fourth-order valence-electron chi connectivity index (χ4n) is 1.17. The molecule has 0 aliphatic rings. The molecule has 1 aromatic rings. The Hall–Kier alpha value is -1.03. The number of rotatable bonds is 2. The van der Waals surface area contributed by atoms with E-state index in [1.807, 2.05) is 13.0 Å². The van der Waals surface area contributed by atoms with Crippen LogP contribution in [0.1, 0.15) is 15.9 Å². The van der Waals surface area contributed by atoms with E-state index in [0.29, 0.717) is 15.8 Å².